The summed E-state index contributed by atoms with van der Waals surface area (Å²) in [7, 11) is 5.94. The van der Waals surface area contributed by atoms with Gasteiger partial charge in [-0.15, -0.1) is 0 Å². The van der Waals surface area contributed by atoms with Crippen LogP contribution in [0.15, 0.2) is 52.7 Å². The van der Waals surface area contributed by atoms with E-state index in [2.05, 4.69) is 52.0 Å². The number of nitrogens with one attached hydrogen (secondary N) is 1. The standard InChI is InChI=1S/C26H41N9/c1-18(2)19(14-27)13-25(29)32-26-7-6-23-24(34(26)5)12-20(15-31-23)21(16-30-3)22(28)17-35-10-8-33(4)9-11-35/h6-7,12-16,18,26,32H,8-11,17,27-29H2,1-5H3/b19-14+,22-21?,25-13+,30-16?. The number of hydrogen-bond acceptors (Lipinski definition) is 9. The van der Waals surface area contributed by atoms with Crippen molar-refractivity contribution in [3.05, 3.63) is 59.0 Å². The lowest BCUT2D eigenvalue weighted by atomic mass is 10.0. The van der Waals surface area contributed by atoms with E-state index in [1.807, 2.05) is 37.7 Å². The number of piperazine rings is 1. The Labute approximate surface area is 209 Å². The molecule has 0 radical (unpaired) electrons. The monoisotopic (exact) mass is 479 g/mol. The Balaban J connectivity index is 1.83. The van der Waals surface area contributed by atoms with Crippen molar-refractivity contribution in [2.45, 2.75) is 20.0 Å². The second-order valence-corrected chi connectivity index (χ2v) is 9.51. The maximum absolute atomic E-state index is 6.62. The molecule has 3 rings (SSSR count). The zero-order valence-electron chi connectivity index (χ0n) is 21.7. The maximum atomic E-state index is 6.62. The van der Waals surface area contributed by atoms with Crippen molar-refractivity contribution in [3.63, 3.8) is 0 Å². The van der Waals surface area contributed by atoms with E-state index >= 15 is 0 Å². The average molecular weight is 480 g/mol. The number of pyridine rings is 1. The summed E-state index contributed by atoms with van der Waals surface area (Å²) in [4.78, 5) is 15.8. The molecule has 190 valence electrons. The highest BCUT2D eigenvalue weighted by atomic mass is 15.3. The van der Waals surface area contributed by atoms with Crippen LogP contribution in [0.4, 0.5) is 5.69 Å². The fraction of sp³-hybridized carbons (Fsp3) is 0.462. The summed E-state index contributed by atoms with van der Waals surface area (Å²) in [5.41, 5.74) is 24.2. The number of aromatic nitrogens is 1. The van der Waals surface area contributed by atoms with Crippen LogP contribution in [0.5, 0.6) is 0 Å². The molecule has 35 heavy (non-hydrogen) atoms. The molecule has 1 unspecified atom stereocenters. The molecule has 1 atom stereocenters. The summed E-state index contributed by atoms with van der Waals surface area (Å²) in [6.07, 6.45) is 11.1. The molecule has 0 bridgehead atoms. The van der Waals surface area contributed by atoms with Crippen molar-refractivity contribution in [2.24, 2.45) is 28.1 Å². The molecule has 9 nitrogen and oxygen atoms in total. The first kappa shape index (κ1) is 26.3. The summed E-state index contributed by atoms with van der Waals surface area (Å²) in [5.74, 6) is 0.841. The van der Waals surface area contributed by atoms with Gasteiger partial charge in [0.15, 0.2) is 0 Å². The maximum Gasteiger partial charge on any atom is 0.120 e. The smallest absolute Gasteiger partial charge is 0.120 e. The third-order valence-electron chi connectivity index (χ3n) is 6.53. The topological polar surface area (TPSA) is 125 Å². The fourth-order valence-corrected chi connectivity index (χ4v) is 4.23. The van der Waals surface area contributed by atoms with Gasteiger partial charge in [0.05, 0.1) is 17.2 Å². The predicted octanol–water partition coefficient (Wildman–Crippen LogP) is 1.38. The summed E-state index contributed by atoms with van der Waals surface area (Å²) in [6.45, 7) is 8.98. The van der Waals surface area contributed by atoms with Gasteiger partial charge in [0, 0.05) is 76.1 Å². The zero-order chi connectivity index (χ0) is 25.5. The van der Waals surface area contributed by atoms with Gasteiger partial charge in [-0.05, 0) is 49.0 Å². The molecule has 3 heterocycles. The van der Waals surface area contributed by atoms with Gasteiger partial charge in [0.1, 0.15) is 6.17 Å². The molecule has 0 spiro atoms. The van der Waals surface area contributed by atoms with E-state index in [1.165, 1.54) is 0 Å². The van der Waals surface area contributed by atoms with Crippen molar-refractivity contribution < 1.29 is 0 Å². The van der Waals surface area contributed by atoms with Crippen molar-refractivity contribution in [1.82, 2.24) is 20.1 Å². The van der Waals surface area contributed by atoms with Crippen LogP contribution in [0.3, 0.4) is 0 Å². The molecule has 1 saturated heterocycles. The number of nitrogens with zero attached hydrogens (tertiary/aromatic N) is 5. The van der Waals surface area contributed by atoms with Gasteiger partial charge in [-0.25, -0.2) is 0 Å². The van der Waals surface area contributed by atoms with Gasteiger partial charge in [0.2, 0.25) is 0 Å². The van der Waals surface area contributed by atoms with E-state index in [-0.39, 0.29) is 12.1 Å². The predicted molar refractivity (Wildman–Crippen MR) is 147 cm³/mol. The number of allylic oxidation sites excluding steroid dienone is 3. The van der Waals surface area contributed by atoms with Gasteiger partial charge in [0.25, 0.3) is 0 Å². The largest absolute Gasteiger partial charge is 0.404 e. The van der Waals surface area contributed by atoms with Gasteiger partial charge in [-0.2, -0.15) is 0 Å². The van der Waals surface area contributed by atoms with E-state index < -0.39 is 0 Å². The first-order valence-electron chi connectivity index (χ1n) is 12.1. The first-order chi connectivity index (χ1) is 16.7. The Morgan fingerprint density at radius 2 is 1.94 bits per heavy atom. The van der Waals surface area contributed by atoms with E-state index in [0.29, 0.717) is 12.4 Å². The van der Waals surface area contributed by atoms with Crippen LogP contribution >= 0.6 is 0 Å². The minimum atomic E-state index is -0.128. The van der Waals surface area contributed by atoms with Crippen molar-refractivity contribution in [3.8, 4) is 0 Å². The Kier molecular flexibility index (Phi) is 8.95. The molecule has 1 fully saturated rings. The Morgan fingerprint density at radius 1 is 1.23 bits per heavy atom. The quantitative estimate of drug-likeness (QED) is 0.326. The molecular weight excluding hydrogens is 438 g/mol. The molecule has 2 aliphatic rings. The molecule has 0 aliphatic carbocycles. The molecule has 9 heteroatoms. The van der Waals surface area contributed by atoms with Crippen molar-refractivity contribution in [1.29, 1.82) is 0 Å². The van der Waals surface area contributed by atoms with Crippen LogP contribution < -0.4 is 27.4 Å². The molecule has 0 saturated carbocycles. The molecule has 1 aromatic heterocycles. The van der Waals surface area contributed by atoms with Crippen LogP contribution in [-0.2, 0) is 0 Å². The summed E-state index contributed by atoms with van der Waals surface area (Å²) >= 11 is 0. The second-order valence-electron chi connectivity index (χ2n) is 9.51. The van der Waals surface area contributed by atoms with Crippen molar-refractivity contribution in [2.75, 3.05) is 58.8 Å². The summed E-state index contributed by atoms with van der Waals surface area (Å²) in [5, 5.41) is 3.36. The minimum Gasteiger partial charge on any atom is -0.404 e. The molecular formula is C26H41N9. The molecule has 1 aromatic rings. The van der Waals surface area contributed by atoms with Gasteiger partial charge in [-0.1, -0.05) is 13.8 Å². The lowest BCUT2D eigenvalue weighted by Crippen LogP contribution is -2.45. The molecule has 2 aliphatic heterocycles. The SMILES string of the molecule is CN=CC(=C(N)CN1CCN(C)CC1)c1cnc2c(c1)N(C)C(N/C(N)=C/C(=C\N)C(C)C)C=C2. The highest BCUT2D eigenvalue weighted by Crippen LogP contribution is 2.29. The van der Waals surface area contributed by atoms with Crippen LogP contribution in [0.1, 0.15) is 25.1 Å². The minimum absolute atomic E-state index is 0.128. The van der Waals surface area contributed by atoms with Gasteiger partial charge >= 0.3 is 0 Å². The van der Waals surface area contributed by atoms with Gasteiger partial charge < -0.3 is 32.3 Å². The third-order valence-corrected chi connectivity index (χ3v) is 6.53. The molecule has 0 amide bonds. The number of aliphatic imine (C=N–C) groups is 1. The van der Waals surface area contributed by atoms with E-state index in [0.717, 1.165) is 60.0 Å². The van der Waals surface area contributed by atoms with Crippen LogP contribution in [0, 0.1) is 5.92 Å². The van der Waals surface area contributed by atoms with Crippen LogP contribution in [-0.4, -0.2) is 81.0 Å². The number of nitrogens with two attached hydrogens (primary N) is 3. The number of fused-ring (bicyclic) bond motifs is 1. The highest BCUT2D eigenvalue weighted by molar-refractivity contribution is 6.11. The third kappa shape index (κ3) is 6.64. The molecule has 0 aromatic carbocycles. The van der Waals surface area contributed by atoms with Crippen molar-refractivity contribution >= 4 is 23.6 Å². The van der Waals surface area contributed by atoms with E-state index in [1.54, 1.807) is 13.2 Å². The van der Waals surface area contributed by atoms with E-state index in [4.69, 9.17) is 22.2 Å². The fourth-order valence-electron chi connectivity index (χ4n) is 4.23. The Bertz CT molecular complexity index is 1030. The number of anilines is 1. The van der Waals surface area contributed by atoms with Gasteiger partial charge in [-0.3, -0.25) is 14.9 Å². The number of rotatable bonds is 8. The van der Waals surface area contributed by atoms with Crippen LogP contribution in [0.25, 0.3) is 11.6 Å². The average Bonchev–Trinajstić information content (AvgIpc) is 2.84. The first-order valence-corrected chi connectivity index (χ1v) is 12.1. The lowest BCUT2D eigenvalue weighted by molar-refractivity contribution is 0.164. The lowest BCUT2D eigenvalue weighted by Gasteiger charge is -2.33. The number of hydrogen-bond donors (Lipinski definition) is 4. The zero-order valence-corrected chi connectivity index (χ0v) is 21.7. The Hall–Kier alpha value is -3.30. The Morgan fingerprint density at radius 3 is 2.57 bits per heavy atom. The normalized spacial score (nSPS) is 21.0. The number of likely N-dealkylation sites (N-methyl/N-ethyl adjacent to an activating group) is 2. The van der Waals surface area contributed by atoms with E-state index in [9.17, 15) is 0 Å². The highest BCUT2D eigenvalue weighted by Gasteiger charge is 2.22. The summed E-state index contributed by atoms with van der Waals surface area (Å²) in [6, 6.07) is 2.12. The summed E-state index contributed by atoms with van der Waals surface area (Å²) < 4.78 is 0. The van der Waals surface area contributed by atoms with Crippen LogP contribution in [0.2, 0.25) is 0 Å². The second kappa shape index (κ2) is 11.9. The molecule has 7 N–H and O–H groups in total.